The first kappa shape index (κ1) is 12.2. The Balaban J connectivity index is 1.31. The second-order valence-electron chi connectivity index (χ2n) is 7.30. The van der Waals surface area contributed by atoms with E-state index in [2.05, 4.69) is 32.2 Å². The van der Waals surface area contributed by atoms with Crippen LogP contribution in [0.5, 0.6) is 0 Å². The molecule has 3 fully saturated rings. The number of rotatable bonds is 3. The lowest BCUT2D eigenvalue weighted by Crippen LogP contribution is -2.90. The SMILES string of the molecule is c1ccn2c(C[NH2+][C@@H]3C[C@H]4C[C@@H]3[C@H]3CCC[C@H]43)nnc2c1. The van der Waals surface area contributed by atoms with Gasteiger partial charge in [-0.05, 0) is 49.1 Å². The van der Waals surface area contributed by atoms with Crippen molar-refractivity contribution in [3.63, 3.8) is 0 Å². The minimum absolute atomic E-state index is 0.838. The third kappa shape index (κ3) is 1.78. The molecule has 0 aliphatic heterocycles. The summed E-state index contributed by atoms with van der Waals surface area (Å²) in [5, 5.41) is 11.2. The summed E-state index contributed by atoms with van der Waals surface area (Å²) in [7, 11) is 0. The number of fused-ring (bicyclic) bond motifs is 6. The first-order valence-electron chi connectivity index (χ1n) is 8.52. The molecule has 110 valence electrons. The Morgan fingerprint density at radius 2 is 2.05 bits per heavy atom. The monoisotopic (exact) mass is 283 g/mol. The van der Waals surface area contributed by atoms with Crippen molar-refractivity contribution in [1.29, 1.82) is 0 Å². The van der Waals surface area contributed by atoms with Crippen LogP contribution in [0.3, 0.4) is 0 Å². The molecule has 2 aromatic rings. The van der Waals surface area contributed by atoms with Crippen LogP contribution in [-0.2, 0) is 6.54 Å². The second kappa shape index (κ2) is 4.54. The van der Waals surface area contributed by atoms with Crippen molar-refractivity contribution < 1.29 is 5.32 Å². The van der Waals surface area contributed by atoms with Crippen molar-refractivity contribution in [2.24, 2.45) is 23.7 Å². The van der Waals surface area contributed by atoms with E-state index in [4.69, 9.17) is 0 Å². The van der Waals surface area contributed by atoms with Crippen molar-refractivity contribution in [3.8, 4) is 0 Å². The van der Waals surface area contributed by atoms with Crippen LogP contribution in [0.1, 0.15) is 37.9 Å². The summed E-state index contributed by atoms with van der Waals surface area (Å²) in [5.41, 5.74) is 0.963. The zero-order chi connectivity index (χ0) is 13.8. The first-order valence-corrected chi connectivity index (χ1v) is 8.52. The highest BCUT2D eigenvalue weighted by atomic mass is 15.3. The van der Waals surface area contributed by atoms with Crippen molar-refractivity contribution in [2.75, 3.05) is 0 Å². The van der Waals surface area contributed by atoms with Gasteiger partial charge in [-0.25, -0.2) is 0 Å². The van der Waals surface area contributed by atoms with Crippen LogP contribution in [0.4, 0.5) is 0 Å². The van der Waals surface area contributed by atoms with E-state index in [1.165, 1.54) is 32.1 Å². The predicted molar refractivity (Wildman–Crippen MR) is 79.4 cm³/mol. The van der Waals surface area contributed by atoms with Gasteiger partial charge in [0.25, 0.3) is 0 Å². The smallest absolute Gasteiger partial charge is 0.192 e. The lowest BCUT2D eigenvalue weighted by Gasteiger charge is -2.29. The Hall–Kier alpha value is -1.42. The highest BCUT2D eigenvalue weighted by Gasteiger charge is 2.55. The number of nitrogens with zero attached hydrogens (tertiary/aromatic N) is 3. The third-order valence-electron chi connectivity index (χ3n) is 6.47. The van der Waals surface area contributed by atoms with Gasteiger partial charge in [0.15, 0.2) is 11.5 Å². The van der Waals surface area contributed by atoms with Gasteiger partial charge in [-0.15, -0.1) is 10.2 Å². The highest BCUT2D eigenvalue weighted by Crippen LogP contribution is 2.57. The lowest BCUT2D eigenvalue weighted by molar-refractivity contribution is -0.712. The standard InChI is InChI=1S/C17H22N4/c1-2-7-21-16(6-1)19-20-17(21)10-18-15-9-11-8-14(15)13-5-3-4-12(11)13/h1-2,6-7,11-15,18H,3-5,8-10H2/p+1/t11-,12-,13+,14-,15-/m1/s1. The zero-order valence-corrected chi connectivity index (χ0v) is 12.4. The van der Waals surface area contributed by atoms with Crippen molar-refractivity contribution in [3.05, 3.63) is 30.2 Å². The molecule has 5 rings (SSSR count). The summed E-state index contributed by atoms with van der Waals surface area (Å²) in [6.45, 7) is 0.969. The van der Waals surface area contributed by atoms with E-state index in [0.29, 0.717) is 0 Å². The average molecular weight is 283 g/mol. The third-order valence-corrected chi connectivity index (χ3v) is 6.47. The van der Waals surface area contributed by atoms with Gasteiger partial charge in [0.05, 0.1) is 6.04 Å². The summed E-state index contributed by atoms with van der Waals surface area (Å²) in [6, 6.07) is 6.94. The van der Waals surface area contributed by atoms with E-state index in [-0.39, 0.29) is 0 Å². The minimum atomic E-state index is 0.838. The highest BCUT2D eigenvalue weighted by molar-refractivity contribution is 5.36. The summed E-state index contributed by atoms with van der Waals surface area (Å²) in [6.07, 6.45) is 9.55. The Kier molecular flexibility index (Phi) is 2.63. The van der Waals surface area contributed by atoms with Gasteiger partial charge < -0.3 is 5.32 Å². The van der Waals surface area contributed by atoms with E-state index in [1.807, 2.05) is 12.1 Å². The predicted octanol–water partition coefficient (Wildman–Crippen LogP) is 1.62. The fraction of sp³-hybridized carbons (Fsp3) is 0.647. The molecule has 0 amide bonds. The molecule has 0 saturated heterocycles. The molecule has 3 aliphatic carbocycles. The number of pyridine rings is 1. The van der Waals surface area contributed by atoms with E-state index in [9.17, 15) is 0 Å². The molecule has 21 heavy (non-hydrogen) atoms. The Morgan fingerprint density at radius 3 is 3.05 bits per heavy atom. The van der Waals surface area contributed by atoms with Gasteiger partial charge in [0.2, 0.25) is 0 Å². The molecule has 2 aromatic heterocycles. The van der Waals surface area contributed by atoms with Gasteiger partial charge in [0.1, 0.15) is 6.54 Å². The maximum Gasteiger partial charge on any atom is 0.192 e. The van der Waals surface area contributed by atoms with E-state index < -0.39 is 0 Å². The Bertz CT molecular complexity index is 664. The van der Waals surface area contributed by atoms with Gasteiger partial charge >= 0.3 is 0 Å². The summed E-state index contributed by atoms with van der Waals surface area (Å²) < 4.78 is 2.13. The molecule has 0 radical (unpaired) electrons. The molecule has 0 unspecified atom stereocenters. The van der Waals surface area contributed by atoms with Gasteiger partial charge in [-0.2, -0.15) is 0 Å². The molecule has 3 aliphatic rings. The molecule has 2 heterocycles. The van der Waals surface area contributed by atoms with Crippen molar-refractivity contribution >= 4 is 5.65 Å². The Labute approximate surface area is 125 Å². The summed E-state index contributed by atoms with van der Waals surface area (Å²) in [5.74, 6) is 5.27. The number of aromatic nitrogens is 3. The van der Waals surface area contributed by atoms with Crippen molar-refractivity contribution in [1.82, 2.24) is 14.6 Å². The molecular weight excluding hydrogens is 260 g/mol. The van der Waals surface area contributed by atoms with E-state index >= 15 is 0 Å². The quantitative estimate of drug-likeness (QED) is 0.930. The number of hydrogen-bond donors (Lipinski definition) is 1. The summed E-state index contributed by atoms with van der Waals surface area (Å²) >= 11 is 0. The van der Waals surface area contributed by atoms with Crippen LogP contribution in [0.15, 0.2) is 24.4 Å². The fourth-order valence-electron chi connectivity index (χ4n) is 5.68. The van der Waals surface area contributed by atoms with Gasteiger partial charge in [0, 0.05) is 18.5 Å². The van der Waals surface area contributed by atoms with Crippen LogP contribution < -0.4 is 5.32 Å². The maximum absolute atomic E-state index is 4.37. The average Bonchev–Trinajstić information content (AvgIpc) is 3.25. The molecule has 0 aromatic carbocycles. The first-order chi connectivity index (χ1) is 10.4. The maximum atomic E-state index is 4.37. The van der Waals surface area contributed by atoms with Crippen molar-refractivity contribution in [2.45, 2.75) is 44.7 Å². The number of quaternary nitrogens is 1. The lowest BCUT2D eigenvalue weighted by atomic mass is 9.79. The molecule has 2 bridgehead atoms. The molecule has 5 atom stereocenters. The summed E-state index contributed by atoms with van der Waals surface area (Å²) in [4.78, 5) is 0. The van der Waals surface area contributed by atoms with Crippen LogP contribution in [-0.4, -0.2) is 20.6 Å². The molecule has 4 heteroatoms. The zero-order valence-electron chi connectivity index (χ0n) is 12.4. The van der Waals surface area contributed by atoms with Crippen LogP contribution in [0.2, 0.25) is 0 Å². The van der Waals surface area contributed by atoms with Crippen LogP contribution in [0, 0.1) is 23.7 Å². The molecule has 3 saturated carbocycles. The molecule has 0 spiro atoms. The topological polar surface area (TPSA) is 46.8 Å². The molecule has 2 N–H and O–H groups in total. The van der Waals surface area contributed by atoms with Gasteiger partial charge in [-0.1, -0.05) is 12.5 Å². The Morgan fingerprint density at radius 1 is 1.10 bits per heavy atom. The molecular formula is C17H23N4+. The fourth-order valence-corrected chi connectivity index (χ4v) is 5.68. The van der Waals surface area contributed by atoms with E-state index in [0.717, 1.165) is 47.7 Å². The van der Waals surface area contributed by atoms with E-state index in [1.54, 1.807) is 0 Å². The number of hydrogen-bond acceptors (Lipinski definition) is 2. The minimum Gasteiger partial charge on any atom is -0.337 e. The van der Waals surface area contributed by atoms with Crippen LogP contribution >= 0.6 is 0 Å². The largest absolute Gasteiger partial charge is 0.337 e. The second-order valence-corrected chi connectivity index (χ2v) is 7.30. The van der Waals surface area contributed by atoms with Crippen LogP contribution in [0.25, 0.3) is 5.65 Å². The number of nitrogens with two attached hydrogens (primary N) is 1. The normalized spacial score (nSPS) is 37.4. The molecule has 4 nitrogen and oxygen atoms in total. The van der Waals surface area contributed by atoms with Gasteiger partial charge in [-0.3, -0.25) is 4.40 Å².